The first-order valence-electron chi connectivity index (χ1n) is 13.6. The number of likely N-dealkylation sites (N-methyl/N-ethyl adjacent to an activating group) is 1. The van der Waals surface area contributed by atoms with Crippen LogP contribution < -0.4 is 5.73 Å². The second-order valence-corrected chi connectivity index (χ2v) is 15.8. The van der Waals surface area contributed by atoms with Crippen molar-refractivity contribution in [1.82, 2.24) is 19.9 Å². The van der Waals surface area contributed by atoms with Gasteiger partial charge < -0.3 is 64.6 Å². The second kappa shape index (κ2) is 12.3. The third-order valence-corrected chi connectivity index (χ3v) is 12.1. The van der Waals surface area contributed by atoms with Gasteiger partial charge in [-0.15, -0.1) is 0 Å². The summed E-state index contributed by atoms with van der Waals surface area (Å²) in [4.78, 5) is 34.2. The first-order chi connectivity index (χ1) is 20.9. The molecule has 1 aliphatic carbocycles. The van der Waals surface area contributed by atoms with E-state index in [1.807, 2.05) is 0 Å². The molecule has 0 radical (unpaired) electrons. The molecule has 5 rings (SSSR count). The molecule has 3 aliphatic rings. The fourth-order valence-electron chi connectivity index (χ4n) is 6.65. The Labute approximate surface area is 261 Å². The minimum atomic E-state index is -5.33. The number of aliphatic hydroxyl groups is 4. The molecule has 0 aromatic carbocycles. The maximum atomic E-state index is 14.2. The number of nitrogens with zero attached hydrogens (tertiary/aromatic N) is 3. The Hall–Kier alpha value is -1.29. The molecular formula is C23H36FN5O13P2S. The summed E-state index contributed by atoms with van der Waals surface area (Å²) in [5.74, 6) is -5.67. The number of aromatic amines is 1. The van der Waals surface area contributed by atoms with Crippen molar-refractivity contribution in [2.24, 2.45) is 11.8 Å². The maximum Gasteiger partial charge on any atom is 0.481 e. The number of halogens is 1. The number of methoxy groups -OCH3 is 1. The Morgan fingerprint density at radius 1 is 1.29 bits per heavy atom. The number of fused-ring (bicyclic) bond motifs is 2. The van der Waals surface area contributed by atoms with Gasteiger partial charge in [0, 0.05) is 18.9 Å². The van der Waals surface area contributed by atoms with Crippen LogP contribution in [-0.2, 0) is 43.9 Å². The number of hydrogen-bond donors (Lipinski definition) is 8. The van der Waals surface area contributed by atoms with Crippen LogP contribution >= 0.6 is 14.5 Å². The van der Waals surface area contributed by atoms with Crippen LogP contribution in [0.1, 0.15) is 18.6 Å². The number of rotatable bonds is 12. The van der Waals surface area contributed by atoms with Gasteiger partial charge in [0.1, 0.15) is 35.8 Å². The molecule has 4 heterocycles. The van der Waals surface area contributed by atoms with Gasteiger partial charge in [0.2, 0.25) is 0 Å². The zero-order valence-corrected chi connectivity index (χ0v) is 27.0. The average Bonchev–Trinajstić information content (AvgIpc) is 3.53. The molecular weight excluding hydrogens is 667 g/mol. The molecule has 2 aromatic rings. The average molecular weight is 704 g/mol. The highest BCUT2D eigenvalue weighted by Crippen LogP contribution is 2.65. The number of alkyl halides is 1. The summed E-state index contributed by atoms with van der Waals surface area (Å²) in [5, 5.41) is 40.2. The van der Waals surface area contributed by atoms with Gasteiger partial charge in [0.15, 0.2) is 17.9 Å². The molecule has 0 spiro atoms. The molecule has 2 aliphatic heterocycles. The second-order valence-electron chi connectivity index (χ2n) is 11.5. The number of phosphoric ester groups is 1. The number of nitrogens with one attached hydrogen (secondary N) is 1. The summed E-state index contributed by atoms with van der Waals surface area (Å²) in [6, 6.07) is -0.536. The Morgan fingerprint density at radius 2 is 1.98 bits per heavy atom. The van der Waals surface area contributed by atoms with Gasteiger partial charge in [-0.2, -0.15) is 0 Å². The third kappa shape index (κ3) is 5.99. The number of nitrogens with two attached hydrogens (primary N) is 1. The lowest BCUT2D eigenvalue weighted by molar-refractivity contribution is -0.426. The molecule has 9 N–H and O–H groups in total. The molecule has 2 aromatic heterocycles. The highest BCUT2D eigenvalue weighted by Gasteiger charge is 2.74. The minimum Gasteiger partial charge on any atom is -0.393 e. The summed E-state index contributed by atoms with van der Waals surface area (Å²) in [7, 11) is -0.302. The van der Waals surface area contributed by atoms with Crippen LogP contribution in [0.15, 0.2) is 12.5 Å². The molecule has 13 atom stereocenters. The van der Waals surface area contributed by atoms with E-state index in [-0.39, 0.29) is 5.82 Å². The minimum absolute atomic E-state index is 0.230. The summed E-state index contributed by atoms with van der Waals surface area (Å²) in [6.45, 7) is -4.30. The summed E-state index contributed by atoms with van der Waals surface area (Å²) >= 11 is 4.95. The van der Waals surface area contributed by atoms with Gasteiger partial charge in [0.25, 0.3) is 0 Å². The zero-order chi connectivity index (χ0) is 33.3. The van der Waals surface area contributed by atoms with Gasteiger partial charge in [0.05, 0.1) is 48.8 Å². The highest BCUT2D eigenvalue weighted by atomic mass is 32.5. The first kappa shape index (κ1) is 35.0. The van der Waals surface area contributed by atoms with Crippen LogP contribution in [0.5, 0.6) is 0 Å². The van der Waals surface area contributed by atoms with E-state index >= 15 is 0 Å². The van der Waals surface area contributed by atoms with Crippen molar-refractivity contribution in [3.63, 3.8) is 0 Å². The van der Waals surface area contributed by atoms with Crippen molar-refractivity contribution in [2.75, 3.05) is 40.2 Å². The fourth-order valence-corrected chi connectivity index (χ4v) is 9.75. The van der Waals surface area contributed by atoms with Crippen molar-refractivity contribution in [1.29, 1.82) is 0 Å². The lowest BCUT2D eigenvalue weighted by Gasteiger charge is -2.49. The van der Waals surface area contributed by atoms with Crippen LogP contribution in [0.2, 0.25) is 0 Å². The topological polar surface area (TPSA) is 265 Å². The molecule has 2 saturated heterocycles. The van der Waals surface area contributed by atoms with E-state index in [9.17, 15) is 34.1 Å². The van der Waals surface area contributed by atoms with E-state index < -0.39 is 93.9 Å². The van der Waals surface area contributed by atoms with Crippen LogP contribution in [0.3, 0.4) is 0 Å². The summed E-state index contributed by atoms with van der Waals surface area (Å²) < 4.78 is 59.3. The molecule has 8 unspecified atom stereocenters. The quantitative estimate of drug-likeness (QED) is 0.124. The molecule has 0 amide bonds. The Bertz CT molecular complexity index is 1510. The van der Waals surface area contributed by atoms with Gasteiger partial charge in [-0.1, -0.05) is 0 Å². The molecule has 3 fully saturated rings. The fraction of sp³-hybridized carbons (Fsp3) is 0.739. The van der Waals surface area contributed by atoms with Crippen LogP contribution in [0.4, 0.5) is 10.2 Å². The van der Waals surface area contributed by atoms with E-state index in [4.69, 9.17) is 50.2 Å². The zero-order valence-electron chi connectivity index (χ0n) is 24.4. The Morgan fingerprint density at radius 3 is 2.60 bits per heavy atom. The molecule has 254 valence electrons. The van der Waals surface area contributed by atoms with Crippen molar-refractivity contribution in [3.8, 4) is 0 Å². The predicted molar refractivity (Wildman–Crippen MR) is 154 cm³/mol. The highest BCUT2D eigenvalue weighted by molar-refractivity contribution is 8.08. The number of ether oxygens (including phenoxy) is 3. The van der Waals surface area contributed by atoms with Gasteiger partial charge in [-0.05, 0) is 32.8 Å². The largest absolute Gasteiger partial charge is 0.481 e. The van der Waals surface area contributed by atoms with Crippen molar-refractivity contribution in [2.45, 2.75) is 61.2 Å². The molecule has 45 heavy (non-hydrogen) atoms. The lowest BCUT2D eigenvalue weighted by atomic mass is 9.86. The maximum absolute atomic E-state index is 14.2. The number of hydrogen-bond acceptors (Lipinski definition) is 16. The number of H-pyrrole nitrogens is 1. The Balaban J connectivity index is 1.28. The van der Waals surface area contributed by atoms with Crippen LogP contribution in [0.25, 0.3) is 11.0 Å². The third-order valence-electron chi connectivity index (χ3n) is 8.62. The smallest absolute Gasteiger partial charge is 0.393 e. The van der Waals surface area contributed by atoms with E-state index in [1.54, 1.807) is 32.1 Å². The number of aromatic nitrogens is 3. The number of anilines is 1. The number of phosphoric acid groups is 1. The van der Waals surface area contributed by atoms with E-state index in [1.165, 1.54) is 13.4 Å². The first-order valence-corrected chi connectivity index (χ1v) is 17.6. The summed E-state index contributed by atoms with van der Waals surface area (Å²) in [6.07, 6.45) is -6.46. The van der Waals surface area contributed by atoms with E-state index in [0.717, 1.165) is 0 Å². The number of aliphatic hydroxyl groups excluding tert-OH is 3. The molecule has 18 nitrogen and oxygen atoms in total. The predicted octanol–water partition coefficient (Wildman–Crippen LogP) is -0.975. The molecule has 0 bridgehead atoms. The lowest BCUT2D eigenvalue weighted by Crippen LogP contribution is -2.64. The normalized spacial score (nSPS) is 39.8. The Kier molecular flexibility index (Phi) is 9.58. The van der Waals surface area contributed by atoms with Crippen molar-refractivity contribution < 1.29 is 66.7 Å². The molecule has 1 saturated carbocycles. The monoisotopic (exact) mass is 703 g/mol. The number of nitrogen functional groups attached to an aromatic ring is 1. The van der Waals surface area contributed by atoms with E-state index in [2.05, 4.69) is 15.0 Å². The van der Waals surface area contributed by atoms with E-state index in [0.29, 0.717) is 16.6 Å². The SMILES string of the molecule is CO[C@@]1(C)[C@H](c2c[nH]c3c(N)ncnc23)O[C@H](COP(O)(=S)OP(=O)(O)OC2OC3(O)C2C(O)C(O)C3[C@@H](F)CO)[C@H]1N(C)C. The molecule has 22 heteroatoms. The van der Waals surface area contributed by atoms with Gasteiger partial charge in [-0.3, -0.25) is 4.52 Å². The van der Waals surface area contributed by atoms with Crippen molar-refractivity contribution in [3.05, 3.63) is 18.1 Å². The summed E-state index contributed by atoms with van der Waals surface area (Å²) in [5.41, 5.74) is 6.54. The van der Waals surface area contributed by atoms with Gasteiger partial charge >= 0.3 is 14.5 Å². The van der Waals surface area contributed by atoms with Gasteiger partial charge in [-0.25, -0.2) is 23.2 Å². The van der Waals surface area contributed by atoms with Crippen LogP contribution in [0, 0.1) is 11.8 Å². The van der Waals surface area contributed by atoms with Crippen molar-refractivity contribution >= 4 is 43.2 Å². The van der Waals surface area contributed by atoms with Crippen LogP contribution in [-0.4, -0.2) is 133 Å². The standard InChI is InChI=1S/C23H36FN5O13P2S/c1-22(37-4)18(29(2)3)11(39-19(22)9-5-26-15-14(9)27-8-28-20(15)25)7-38-44(36,45)42-43(34,35)41-21-13-17(32)16(31)12(10(24)6-30)23(13,33)40-21/h5,8,10-13,16-19,21,26,30-33H,6-7H2,1-4H3,(H,34,35)(H,36,45)(H2,25,27,28)/t10-,11+,12?,13?,16?,17?,18+,19-,21?,22+,23?,44?/m0/s1.